The first-order chi connectivity index (χ1) is 15.6. The number of carbonyl (C=O) groups is 4. The van der Waals surface area contributed by atoms with Crippen molar-refractivity contribution in [3.63, 3.8) is 0 Å². The Labute approximate surface area is 184 Å². The maximum atomic E-state index is 13.7. The van der Waals surface area contributed by atoms with Crippen molar-refractivity contribution in [1.82, 2.24) is 0 Å². The van der Waals surface area contributed by atoms with E-state index >= 15 is 0 Å². The molecule has 0 aliphatic carbocycles. The lowest BCUT2D eigenvalue weighted by Gasteiger charge is -2.18. The highest BCUT2D eigenvalue weighted by Crippen LogP contribution is 2.37. The average molecular weight is 453 g/mol. The number of anilines is 1. The van der Waals surface area contributed by atoms with Gasteiger partial charge in [0.1, 0.15) is 11.3 Å². The maximum Gasteiger partial charge on any atom is 0.339 e. The number of imide groups is 1. The Bertz CT molecular complexity index is 1380. The van der Waals surface area contributed by atoms with Gasteiger partial charge in [-0.3, -0.25) is 9.59 Å². The molecule has 8 nitrogen and oxygen atoms in total. The highest BCUT2D eigenvalue weighted by molar-refractivity contribution is 6.35. The number of carboxylic acids is 2. The summed E-state index contributed by atoms with van der Waals surface area (Å²) in [6, 6.07) is 8.75. The molecule has 0 saturated carbocycles. The van der Waals surface area contributed by atoms with Gasteiger partial charge in [-0.05, 0) is 47.5 Å². The third-order valence-electron chi connectivity index (χ3n) is 5.16. The van der Waals surface area contributed by atoms with Gasteiger partial charge in [-0.1, -0.05) is 12.1 Å². The first-order valence-electron chi connectivity index (χ1n) is 9.31. The molecular weight excluding hydrogens is 440 g/mol. The van der Waals surface area contributed by atoms with Crippen LogP contribution in [0.3, 0.4) is 0 Å². The van der Waals surface area contributed by atoms with Crippen molar-refractivity contribution in [2.24, 2.45) is 0 Å². The van der Waals surface area contributed by atoms with Crippen molar-refractivity contribution in [2.45, 2.75) is 0 Å². The number of hydrogen-bond acceptors (Lipinski definition) is 5. The number of amides is 2. The number of aromatic carboxylic acids is 2. The van der Waals surface area contributed by atoms with Crippen LogP contribution in [0.25, 0.3) is 11.1 Å². The number of rotatable bonds is 5. The summed E-state index contributed by atoms with van der Waals surface area (Å²) in [5.41, 5.74) is -1.08. The third kappa shape index (κ3) is 3.47. The van der Waals surface area contributed by atoms with E-state index in [1.165, 1.54) is 25.3 Å². The van der Waals surface area contributed by atoms with Crippen LogP contribution in [0.5, 0.6) is 5.75 Å². The molecule has 0 aromatic heterocycles. The molecule has 0 fully saturated rings. The molecule has 0 saturated heterocycles. The van der Waals surface area contributed by atoms with Crippen LogP contribution >= 0.6 is 0 Å². The number of halogens is 2. The molecule has 3 aromatic rings. The minimum Gasteiger partial charge on any atom is -0.496 e. The second-order valence-electron chi connectivity index (χ2n) is 7.01. The van der Waals surface area contributed by atoms with Gasteiger partial charge in [-0.2, -0.15) is 0 Å². The van der Waals surface area contributed by atoms with Gasteiger partial charge in [0.15, 0.2) is 11.6 Å². The van der Waals surface area contributed by atoms with E-state index in [2.05, 4.69) is 0 Å². The van der Waals surface area contributed by atoms with Crippen LogP contribution < -0.4 is 9.64 Å². The Morgan fingerprint density at radius 3 is 1.94 bits per heavy atom. The zero-order valence-corrected chi connectivity index (χ0v) is 16.8. The molecule has 0 bridgehead atoms. The third-order valence-corrected chi connectivity index (χ3v) is 5.16. The molecule has 33 heavy (non-hydrogen) atoms. The smallest absolute Gasteiger partial charge is 0.339 e. The molecule has 4 rings (SSSR count). The molecule has 0 radical (unpaired) electrons. The van der Waals surface area contributed by atoms with Crippen LogP contribution in [0.4, 0.5) is 14.5 Å². The van der Waals surface area contributed by atoms with E-state index in [0.29, 0.717) is 4.90 Å². The van der Waals surface area contributed by atoms with E-state index in [9.17, 15) is 38.2 Å². The van der Waals surface area contributed by atoms with Crippen LogP contribution in [0.2, 0.25) is 0 Å². The summed E-state index contributed by atoms with van der Waals surface area (Å²) in [5.74, 6) is -7.03. The highest BCUT2D eigenvalue weighted by Gasteiger charge is 2.40. The van der Waals surface area contributed by atoms with Crippen molar-refractivity contribution < 1.29 is 42.9 Å². The molecule has 166 valence electrons. The Kier molecular flexibility index (Phi) is 5.13. The fraction of sp³-hybridized carbons (Fsp3) is 0.0435. The summed E-state index contributed by atoms with van der Waals surface area (Å²) in [6.07, 6.45) is 0. The molecule has 3 aromatic carbocycles. The summed E-state index contributed by atoms with van der Waals surface area (Å²) >= 11 is 0. The largest absolute Gasteiger partial charge is 0.496 e. The van der Waals surface area contributed by atoms with Gasteiger partial charge in [0, 0.05) is 0 Å². The Hall–Kier alpha value is -4.60. The lowest BCUT2D eigenvalue weighted by Crippen LogP contribution is -2.31. The molecule has 1 heterocycles. The van der Waals surface area contributed by atoms with E-state index in [1.54, 1.807) is 0 Å². The minimum absolute atomic E-state index is 0.154. The Balaban J connectivity index is 1.89. The zero-order chi connectivity index (χ0) is 24.0. The Morgan fingerprint density at radius 2 is 1.36 bits per heavy atom. The number of carboxylic acid groups (broad SMARTS) is 2. The predicted molar refractivity (Wildman–Crippen MR) is 110 cm³/mol. The monoisotopic (exact) mass is 453 g/mol. The fourth-order valence-electron chi connectivity index (χ4n) is 3.57. The summed E-state index contributed by atoms with van der Waals surface area (Å²) < 4.78 is 32.0. The van der Waals surface area contributed by atoms with Gasteiger partial charge in [-0.15, -0.1) is 0 Å². The van der Waals surface area contributed by atoms with Crippen LogP contribution in [-0.2, 0) is 0 Å². The van der Waals surface area contributed by atoms with E-state index in [-0.39, 0.29) is 39.3 Å². The summed E-state index contributed by atoms with van der Waals surface area (Å²) in [4.78, 5) is 50.0. The molecule has 1 aliphatic heterocycles. The first kappa shape index (κ1) is 21.6. The molecule has 2 amide bonds. The van der Waals surface area contributed by atoms with Gasteiger partial charge in [0.2, 0.25) is 0 Å². The van der Waals surface area contributed by atoms with Crippen molar-refractivity contribution in [2.75, 3.05) is 12.0 Å². The van der Waals surface area contributed by atoms with Crippen molar-refractivity contribution >= 4 is 29.4 Å². The molecule has 0 unspecified atom stereocenters. The van der Waals surface area contributed by atoms with E-state index < -0.39 is 41.0 Å². The Morgan fingerprint density at radius 1 is 0.788 bits per heavy atom. The van der Waals surface area contributed by atoms with Crippen molar-refractivity contribution in [3.8, 4) is 16.9 Å². The average Bonchev–Trinajstić information content (AvgIpc) is 3.03. The standard InChI is InChI=1S/C23H13F2NO7/c1-33-19-9-14-13(8-15(19)23(31)32)20(27)26(21(14)28)18-7-11(2-4-12(18)22(29)30)10-3-5-16(24)17(25)6-10/h2-9H,1H3,(H,29,30)(H,31,32). The normalized spacial score (nSPS) is 12.6. The van der Waals surface area contributed by atoms with Gasteiger partial charge in [0.25, 0.3) is 11.8 Å². The quantitative estimate of drug-likeness (QED) is 0.563. The lowest BCUT2D eigenvalue weighted by atomic mass is 10.0. The number of ether oxygens (including phenoxy) is 1. The van der Waals surface area contributed by atoms with Crippen LogP contribution in [0.1, 0.15) is 41.4 Å². The van der Waals surface area contributed by atoms with Gasteiger partial charge < -0.3 is 14.9 Å². The number of benzene rings is 3. The first-order valence-corrected chi connectivity index (χ1v) is 9.31. The van der Waals surface area contributed by atoms with Gasteiger partial charge in [-0.25, -0.2) is 23.3 Å². The van der Waals surface area contributed by atoms with E-state index in [0.717, 1.165) is 30.3 Å². The molecule has 1 aliphatic rings. The lowest BCUT2D eigenvalue weighted by molar-refractivity contribution is 0.0684. The second kappa shape index (κ2) is 7.83. The SMILES string of the molecule is COc1cc2c(cc1C(=O)O)C(=O)N(c1cc(-c3ccc(F)c(F)c3)ccc1C(=O)O)C2=O. The number of hydrogen-bond donors (Lipinski definition) is 2. The number of nitrogens with zero attached hydrogens (tertiary/aromatic N) is 1. The van der Waals surface area contributed by atoms with Crippen LogP contribution in [0.15, 0.2) is 48.5 Å². The predicted octanol–water partition coefficient (Wildman–Crippen LogP) is 3.84. The number of carbonyl (C=O) groups excluding carboxylic acids is 2. The molecule has 2 N–H and O–H groups in total. The maximum absolute atomic E-state index is 13.7. The number of methoxy groups -OCH3 is 1. The minimum atomic E-state index is -1.44. The zero-order valence-electron chi connectivity index (χ0n) is 16.8. The summed E-state index contributed by atoms with van der Waals surface area (Å²) in [7, 11) is 1.20. The topological polar surface area (TPSA) is 121 Å². The summed E-state index contributed by atoms with van der Waals surface area (Å²) in [5, 5.41) is 19.0. The molecule has 0 atom stereocenters. The van der Waals surface area contributed by atoms with Gasteiger partial charge in [0.05, 0.1) is 29.5 Å². The van der Waals surface area contributed by atoms with E-state index in [4.69, 9.17) is 4.74 Å². The second-order valence-corrected chi connectivity index (χ2v) is 7.01. The molecule has 10 heteroatoms. The highest BCUT2D eigenvalue weighted by atomic mass is 19.2. The van der Waals surface area contributed by atoms with Gasteiger partial charge >= 0.3 is 11.9 Å². The number of fused-ring (bicyclic) bond motifs is 1. The summed E-state index contributed by atoms with van der Waals surface area (Å²) in [6.45, 7) is 0. The van der Waals surface area contributed by atoms with Crippen LogP contribution in [0, 0.1) is 11.6 Å². The molecular formula is C23H13F2NO7. The van der Waals surface area contributed by atoms with E-state index in [1.807, 2.05) is 0 Å². The fourth-order valence-corrected chi connectivity index (χ4v) is 3.57. The molecule has 0 spiro atoms. The van der Waals surface area contributed by atoms with Crippen LogP contribution in [-0.4, -0.2) is 41.1 Å². The van der Waals surface area contributed by atoms with Crippen molar-refractivity contribution in [3.05, 3.63) is 82.4 Å². The van der Waals surface area contributed by atoms with Crippen molar-refractivity contribution in [1.29, 1.82) is 0 Å².